The Morgan fingerprint density at radius 2 is 1.03 bits per heavy atom. The second-order valence-corrected chi connectivity index (χ2v) is 7.94. The van der Waals surface area contributed by atoms with E-state index in [9.17, 15) is 14.4 Å². The Balaban J connectivity index is 3.19. The van der Waals surface area contributed by atoms with Gasteiger partial charge in [-0.25, -0.2) is 9.59 Å². The van der Waals surface area contributed by atoms with Crippen molar-refractivity contribution < 1.29 is 57.4 Å². The Morgan fingerprint density at radius 3 is 1.46 bits per heavy atom. The minimum Gasteiger partial charge on any atom is -0.480 e. The molecule has 0 aliphatic carbocycles. The molecule has 0 unspecified atom stereocenters. The van der Waals surface area contributed by atoms with Gasteiger partial charge in [0.2, 0.25) is 5.91 Å². The largest absolute Gasteiger partial charge is 0.480 e. The average molecular weight is 512 g/mol. The topological polar surface area (TPSA) is 157 Å². The number of esters is 1. The number of carboxylic acids is 1. The van der Waals surface area contributed by atoms with Crippen LogP contribution in [0.25, 0.3) is 0 Å². The van der Waals surface area contributed by atoms with Crippen molar-refractivity contribution in [1.29, 1.82) is 0 Å². The van der Waals surface area contributed by atoms with Crippen LogP contribution in [-0.2, 0) is 52.3 Å². The fourth-order valence-corrected chi connectivity index (χ4v) is 2.17. The molecule has 0 rings (SSSR count). The summed E-state index contributed by atoms with van der Waals surface area (Å²) in [4.78, 5) is 33.0. The molecule has 206 valence electrons. The van der Waals surface area contributed by atoms with E-state index < -0.39 is 30.1 Å². The van der Waals surface area contributed by atoms with Crippen molar-refractivity contribution in [2.24, 2.45) is 0 Å². The highest BCUT2D eigenvalue weighted by atomic mass is 16.6. The van der Waals surface area contributed by atoms with Crippen LogP contribution < -0.4 is 5.32 Å². The normalized spacial score (nSPS) is 11.4. The number of hydrogen-bond acceptors (Lipinski definition) is 11. The van der Waals surface area contributed by atoms with Crippen LogP contribution in [0.1, 0.15) is 20.8 Å². The van der Waals surface area contributed by atoms with Gasteiger partial charge < -0.3 is 48.3 Å². The molecule has 1 amide bonds. The monoisotopic (exact) mass is 511 g/mol. The molecule has 0 aromatic heterocycles. The Kier molecular flexibility index (Phi) is 21.4. The number of nitrogens with one attached hydrogen (secondary N) is 1. The predicted octanol–water partition coefficient (Wildman–Crippen LogP) is -0.355. The van der Waals surface area contributed by atoms with Crippen molar-refractivity contribution in [3.63, 3.8) is 0 Å². The molecule has 0 heterocycles. The van der Waals surface area contributed by atoms with Gasteiger partial charge in [0, 0.05) is 6.54 Å². The van der Waals surface area contributed by atoms with E-state index in [1.54, 1.807) is 20.8 Å². The second kappa shape index (κ2) is 22.6. The van der Waals surface area contributed by atoms with Gasteiger partial charge in [0.1, 0.15) is 25.4 Å². The lowest BCUT2D eigenvalue weighted by Crippen LogP contribution is -2.31. The molecule has 13 heteroatoms. The first-order valence-electron chi connectivity index (χ1n) is 11.4. The number of carbonyl (C=O) groups is 3. The third-order valence-electron chi connectivity index (χ3n) is 3.53. The number of hydrogen-bond donors (Lipinski definition) is 2. The maximum absolute atomic E-state index is 11.4. The summed E-state index contributed by atoms with van der Waals surface area (Å²) < 4.78 is 41.7. The summed E-state index contributed by atoms with van der Waals surface area (Å²) in [5.74, 6) is -1.93. The molecule has 0 saturated heterocycles. The third-order valence-corrected chi connectivity index (χ3v) is 3.53. The number of amides is 1. The van der Waals surface area contributed by atoms with Crippen LogP contribution in [0.3, 0.4) is 0 Å². The standard InChI is InChI=1S/C22H41NO12/c1-22(2,3)35-21(27)18-33-15-14-32-13-12-31-11-10-30-9-8-29-7-6-28-5-4-23-19(24)16-34-17-20(25)26/h4-18H2,1-3H3,(H,23,24)(H,25,26). The van der Waals surface area contributed by atoms with E-state index >= 15 is 0 Å². The van der Waals surface area contributed by atoms with Gasteiger partial charge in [-0.05, 0) is 20.8 Å². The van der Waals surface area contributed by atoms with E-state index in [0.717, 1.165) is 0 Å². The fraction of sp³-hybridized carbons (Fsp3) is 0.864. The molecule has 0 fully saturated rings. The fourth-order valence-electron chi connectivity index (χ4n) is 2.17. The first-order chi connectivity index (χ1) is 16.7. The Hall–Kier alpha value is -1.87. The van der Waals surface area contributed by atoms with Crippen LogP contribution in [0.4, 0.5) is 0 Å². The van der Waals surface area contributed by atoms with Crippen LogP contribution in [-0.4, -0.2) is 128 Å². The summed E-state index contributed by atoms with van der Waals surface area (Å²) >= 11 is 0. The van der Waals surface area contributed by atoms with E-state index in [0.29, 0.717) is 79.2 Å². The lowest BCUT2D eigenvalue weighted by atomic mass is 10.2. The van der Waals surface area contributed by atoms with Crippen molar-refractivity contribution in [3.8, 4) is 0 Å². The first kappa shape index (κ1) is 33.1. The zero-order chi connectivity index (χ0) is 26.2. The van der Waals surface area contributed by atoms with Gasteiger partial charge in [0.25, 0.3) is 0 Å². The lowest BCUT2D eigenvalue weighted by molar-refractivity contribution is -0.160. The van der Waals surface area contributed by atoms with Crippen LogP contribution >= 0.6 is 0 Å². The number of aliphatic carboxylic acids is 1. The summed E-state index contributed by atoms with van der Waals surface area (Å²) in [6.07, 6.45) is 0. The molecule has 0 radical (unpaired) electrons. The van der Waals surface area contributed by atoms with Crippen molar-refractivity contribution in [1.82, 2.24) is 5.32 Å². The molecular weight excluding hydrogens is 470 g/mol. The molecule has 2 N–H and O–H groups in total. The predicted molar refractivity (Wildman–Crippen MR) is 122 cm³/mol. The molecule has 0 aromatic carbocycles. The number of carbonyl (C=O) groups excluding carboxylic acids is 2. The SMILES string of the molecule is CC(C)(C)OC(=O)COCCOCCOCCOCCOCCOCCNC(=O)COCC(=O)O. The molecule has 0 aliphatic heterocycles. The second-order valence-electron chi connectivity index (χ2n) is 7.94. The Labute approximate surface area is 206 Å². The summed E-state index contributed by atoms with van der Waals surface area (Å²) in [5.41, 5.74) is -0.520. The smallest absolute Gasteiger partial charge is 0.332 e. The van der Waals surface area contributed by atoms with Crippen molar-refractivity contribution >= 4 is 17.8 Å². The number of rotatable bonds is 24. The third kappa shape index (κ3) is 28.3. The summed E-state index contributed by atoms with van der Waals surface area (Å²) in [5, 5.41) is 10.9. The molecule has 13 nitrogen and oxygen atoms in total. The highest BCUT2D eigenvalue weighted by molar-refractivity contribution is 5.77. The number of ether oxygens (including phenoxy) is 8. The van der Waals surface area contributed by atoms with Crippen molar-refractivity contribution in [2.45, 2.75) is 26.4 Å². The quantitative estimate of drug-likeness (QED) is 0.128. The van der Waals surface area contributed by atoms with E-state index in [4.69, 9.17) is 38.3 Å². The zero-order valence-corrected chi connectivity index (χ0v) is 21.0. The van der Waals surface area contributed by atoms with Crippen LogP contribution in [0.5, 0.6) is 0 Å². The molecule has 0 aromatic rings. The molecule has 0 aliphatic rings. The maximum atomic E-state index is 11.4. The summed E-state index contributed by atoms with van der Waals surface area (Å²) in [6.45, 7) is 9.11. The van der Waals surface area contributed by atoms with Crippen molar-refractivity contribution in [3.05, 3.63) is 0 Å². The maximum Gasteiger partial charge on any atom is 0.332 e. The summed E-state index contributed by atoms with van der Waals surface area (Å²) in [7, 11) is 0. The zero-order valence-electron chi connectivity index (χ0n) is 21.0. The van der Waals surface area contributed by atoms with Crippen LogP contribution in [0.2, 0.25) is 0 Å². The van der Waals surface area contributed by atoms with Crippen molar-refractivity contribution in [2.75, 3.05) is 99.0 Å². The average Bonchev–Trinajstić information content (AvgIpc) is 2.76. The molecule has 0 atom stereocenters. The first-order valence-corrected chi connectivity index (χ1v) is 11.4. The Morgan fingerprint density at radius 1 is 0.600 bits per heavy atom. The van der Waals surface area contributed by atoms with Gasteiger partial charge in [-0.3, -0.25) is 4.79 Å². The van der Waals surface area contributed by atoms with Gasteiger partial charge in [-0.2, -0.15) is 0 Å². The van der Waals surface area contributed by atoms with Gasteiger partial charge in [-0.1, -0.05) is 0 Å². The number of carboxylic acid groups (broad SMARTS) is 1. The van der Waals surface area contributed by atoms with Crippen LogP contribution in [0.15, 0.2) is 0 Å². The highest BCUT2D eigenvalue weighted by Crippen LogP contribution is 2.06. The lowest BCUT2D eigenvalue weighted by Gasteiger charge is -2.19. The minimum absolute atomic E-state index is 0.0974. The van der Waals surface area contributed by atoms with Gasteiger partial charge in [0.05, 0.1) is 72.7 Å². The van der Waals surface area contributed by atoms with E-state index in [2.05, 4.69) is 10.1 Å². The highest BCUT2D eigenvalue weighted by Gasteiger charge is 2.15. The van der Waals surface area contributed by atoms with E-state index in [1.165, 1.54) is 0 Å². The molecule has 0 saturated carbocycles. The van der Waals surface area contributed by atoms with Gasteiger partial charge >= 0.3 is 11.9 Å². The molecular formula is C22H41NO12. The molecule has 35 heavy (non-hydrogen) atoms. The van der Waals surface area contributed by atoms with E-state index in [1.807, 2.05) is 0 Å². The van der Waals surface area contributed by atoms with E-state index in [-0.39, 0.29) is 13.2 Å². The molecule has 0 spiro atoms. The Bertz CT molecular complexity index is 553. The molecule has 0 bridgehead atoms. The van der Waals surface area contributed by atoms with Gasteiger partial charge in [0.15, 0.2) is 0 Å². The van der Waals surface area contributed by atoms with Gasteiger partial charge in [-0.15, -0.1) is 0 Å². The minimum atomic E-state index is -1.13. The van der Waals surface area contributed by atoms with Crippen LogP contribution in [0, 0.1) is 0 Å². The summed E-state index contributed by atoms with van der Waals surface area (Å²) in [6, 6.07) is 0.